The van der Waals surface area contributed by atoms with Crippen molar-refractivity contribution in [1.29, 1.82) is 0 Å². The molecule has 15 rings (SSSR count). The van der Waals surface area contributed by atoms with Gasteiger partial charge in [-0.3, -0.25) is 4.98 Å². The van der Waals surface area contributed by atoms with Crippen LogP contribution in [0.2, 0.25) is 0 Å². The van der Waals surface area contributed by atoms with Gasteiger partial charge >= 0.3 is 20.1 Å². The molecule has 0 atom stereocenters. The summed E-state index contributed by atoms with van der Waals surface area (Å²) in [5, 5.41) is 2.15. The summed E-state index contributed by atoms with van der Waals surface area (Å²) in [6.07, 6.45) is 3.70. The van der Waals surface area contributed by atoms with E-state index in [0.717, 1.165) is 106 Å². The first-order valence-electron chi connectivity index (χ1n) is 33.0. The molecule has 0 saturated heterocycles. The van der Waals surface area contributed by atoms with Crippen LogP contribution in [0.3, 0.4) is 0 Å². The monoisotopic (exact) mass is 1440 g/mol. The van der Waals surface area contributed by atoms with Gasteiger partial charge in [-0.2, -0.15) is 0 Å². The number of fused-ring (bicyclic) bond motifs is 4. The minimum Gasteiger partial charge on any atom is -0.501 e. The molecule has 0 spiro atoms. The molecule has 0 N–H and O–H groups in total. The van der Waals surface area contributed by atoms with E-state index in [1.807, 2.05) is 79.1 Å². The Bertz CT molecular complexity index is 5120. The average molecular weight is 1440 g/mol. The zero-order valence-corrected chi connectivity index (χ0v) is 58.7. The first-order valence-corrected chi connectivity index (χ1v) is 33.0. The first-order chi connectivity index (χ1) is 46.5. The van der Waals surface area contributed by atoms with Crippen LogP contribution in [0.25, 0.3) is 140 Å². The fourth-order valence-electron chi connectivity index (χ4n) is 12.7. The molecule has 0 unspecified atom stereocenters. The SMILES string of the molecule is CC(C)c1cc(-c2ccc(-c3nc(C(C)(C)C)nc(C(C)(C)C)n3)cc2)cc(C(C)C)c1-n1c(-c2[c-]ccc3c2oc2ccccc23)nc2ccccc21.[Ir+3].[c-]1ccccc1-c1cc(-c2ccccc2-c2ccccc2-c2ccccc2-c2cc[c-]c(-c3ccccn3)c2)ccn1. The van der Waals surface area contributed by atoms with Crippen molar-refractivity contribution in [3.05, 3.63) is 296 Å². The fourth-order valence-corrected chi connectivity index (χ4v) is 12.7. The third-order valence-corrected chi connectivity index (χ3v) is 17.7. The van der Waals surface area contributed by atoms with E-state index in [2.05, 4.69) is 278 Å². The Morgan fingerprint density at radius 1 is 0.402 bits per heavy atom. The second kappa shape index (κ2) is 27.3. The molecule has 0 amide bonds. The van der Waals surface area contributed by atoms with Crippen LogP contribution < -0.4 is 0 Å². The van der Waals surface area contributed by atoms with Crippen molar-refractivity contribution in [2.45, 2.75) is 91.9 Å². The van der Waals surface area contributed by atoms with Crippen LogP contribution in [0, 0.1) is 18.2 Å². The molecule has 0 aliphatic heterocycles. The standard InChI is InChI=1S/C48H48N5O.C40H26N2.Ir/c1-28(2)36-26-32(30-22-24-31(25-23-30)43-50-45(47(5,6)7)52-46(51-43)48(8,9)10)27-37(29(3)4)41(36)53-39-20-13-12-19-38(39)49-44(53)35-18-15-17-34-33-16-11-14-21-40(33)54-42(34)35;1-2-13-29(14-3-1)40-28-31(24-26-42-40)34-18-5-7-20-36(34)38-22-9-8-21-37(38)35-19-6-4-17-33(35)30-15-12-16-32(27-30)39-23-10-11-25-41-39;/h11-17,19-29H,1-10H3;1-13,15,17-28H;/q-1;-2;+3. The summed E-state index contributed by atoms with van der Waals surface area (Å²) in [4.78, 5) is 29.3. The minimum atomic E-state index is -0.198. The van der Waals surface area contributed by atoms with Gasteiger partial charge < -0.3 is 19.0 Å². The molecule has 15 aromatic rings. The van der Waals surface area contributed by atoms with E-state index in [-0.39, 0.29) is 42.8 Å². The van der Waals surface area contributed by atoms with Crippen LogP contribution in [0.5, 0.6) is 0 Å². The van der Waals surface area contributed by atoms with E-state index in [1.54, 1.807) is 0 Å². The van der Waals surface area contributed by atoms with E-state index in [4.69, 9.17) is 24.4 Å². The Morgan fingerprint density at radius 2 is 0.948 bits per heavy atom. The minimum absolute atomic E-state index is 0. The van der Waals surface area contributed by atoms with Gasteiger partial charge in [0.25, 0.3) is 0 Å². The number of nitrogens with zero attached hydrogens (tertiary/aromatic N) is 7. The van der Waals surface area contributed by atoms with Crippen molar-refractivity contribution < 1.29 is 24.5 Å². The molecule has 0 bridgehead atoms. The number of benzene rings is 10. The molecule has 5 heterocycles. The normalized spacial score (nSPS) is 11.7. The molecule has 476 valence electrons. The van der Waals surface area contributed by atoms with Crippen molar-refractivity contribution in [2.24, 2.45) is 0 Å². The maximum atomic E-state index is 6.55. The number of furan rings is 1. The Balaban J connectivity index is 0.000000178. The van der Waals surface area contributed by atoms with Gasteiger partial charge in [-0.15, -0.1) is 89.5 Å². The van der Waals surface area contributed by atoms with Gasteiger partial charge in [-0.1, -0.05) is 226 Å². The van der Waals surface area contributed by atoms with Gasteiger partial charge in [0.15, 0.2) is 5.82 Å². The van der Waals surface area contributed by atoms with Crippen molar-refractivity contribution in [3.63, 3.8) is 0 Å². The molecular formula is C88H74IrN7O. The second-order valence-corrected chi connectivity index (χ2v) is 27.2. The van der Waals surface area contributed by atoms with Crippen molar-refractivity contribution >= 4 is 33.0 Å². The molecule has 0 radical (unpaired) electrons. The van der Waals surface area contributed by atoms with Gasteiger partial charge in [-0.05, 0) is 127 Å². The summed E-state index contributed by atoms with van der Waals surface area (Å²) >= 11 is 0. The fraction of sp³-hybridized carbons (Fsp3) is 0.159. The zero-order chi connectivity index (χ0) is 66.2. The third-order valence-electron chi connectivity index (χ3n) is 17.7. The Kier molecular flexibility index (Phi) is 18.3. The molecule has 0 aliphatic carbocycles. The number of rotatable bonds is 12. The molecule has 9 heteroatoms. The number of hydrogen-bond acceptors (Lipinski definition) is 7. The van der Waals surface area contributed by atoms with Crippen molar-refractivity contribution in [1.82, 2.24) is 34.5 Å². The van der Waals surface area contributed by atoms with Crippen LogP contribution in [0.15, 0.2) is 259 Å². The molecule has 8 nitrogen and oxygen atoms in total. The Labute approximate surface area is 582 Å². The molecular weight excluding hydrogens is 1360 g/mol. The van der Waals surface area contributed by atoms with Crippen LogP contribution in [-0.2, 0) is 30.9 Å². The summed E-state index contributed by atoms with van der Waals surface area (Å²) in [5.74, 6) is 3.61. The summed E-state index contributed by atoms with van der Waals surface area (Å²) < 4.78 is 8.90. The van der Waals surface area contributed by atoms with Gasteiger partial charge in [0.2, 0.25) is 0 Å². The second-order valence-electron chi connectivity index (χ2n) is 27.2. The van der Waals surface area contributed by atoms with Crippen molar-refractivity contribution in [2.75, 3.05) is 0 Å². The Morgan fingerprint density at radius 3 is 1.57 bits per heavy atom. The van der Waals surface area contributed by atoms with Crippen LogP contribution in [-0.4, -0.2) is 34.5 Å². The topological polar surface area (TPSA) is 95.4 Å². The van der Waals surface area contributed by atoms with Crippen molar-refractivity contribution in [3.8, 4) is 107 Å². The van der Waals surface area contributed by atoms with Crippen LogP contribution in [0.4, 0.5) is 0 Å². The first kappa shape index (κ1) is 65.1. The summed E-state index contributed by atoms with van der Waals surface area (Å²) in [6.45, 7) is 22.0. The predicted octanol–water partition coefficient (Wildman–Crippen LogP) is 22.8. The maximum absolute atomic E-state index is 6.55. The summed E-state index contributed by atoms with van der Waals surface area (Å²) in [6, 6.07) is 94.7. The van der Waals surface area contributed by atoms with Gasteiger partial charge in [0.05, 0.1) is 22.4 Å². The number of hydrogen-bond donors (Lipinski definition) is 0. The van der Waals surface area contributed by atoms with Gasteiger partial charge in [0, 0.05) is 39.9 Å². The Hall–Kier alpha value is -10.6. The summed E-state index contributed by atoms with van der Waals surface area (Å²) in [5.41, 5.74) is 24.1. The van der Waals surface area contributed by atoms with Gasteiger partial charge in [-0.25, -0.2) is 15.0 Å². The average Bonchev–Trinajstić information content (AvgIpc) is 1.61. The largest absolute Gasteiger partial charge is 3.00 e. The number of aromatic nitrogens is 7. The van der Waals surface area contributed by atoms with E-state index in [9.17, 15) is 0 Å². The smallest absolute Gasteiger partial charge is 0.501 e. The van der Waals surface area contributed by atoms with Gasteiger partial charge in [0.1, 0.15) is 17.2 Å². The summed E-state index contributed by atoms with van der Waals surface area (Å²) in [7, 11) is 0. The molecule has 0 saturated carbocycles. The van der Waals surface area contributed by atoms with E-state index < -0.39 is 0 Å². The third kappa shape index (κ3) is 13.2. The molecule has 5 aromatic heterocycles. The zero-order valence-electron chi connectivity index (χ0n) is 56.3. The van der Waals surface area contributed by atoms with E-state index >= 15 is 0 Å². The quantitative estimate of drug-likeness (QED) is 0.112. The van der Waals surface area contributed by atoms with Crippen LogP contribution in [0.1, 0.15) is 104 Å². The molecule has 0 fully saturated rings. The predicted molar refractivity (Wildman–Crippen MR) is 395 cm³/mol. The van der Waals surface area contributed by atoms with Crippen LogP contribution >= 0.6 is 0 Å². The molecule has 97 heavy (non-hydrogen) atoms. The van der Waals surface area contributed by atoms with E-state index in [0.29, 0.717) is 5.82 Å². The molecule has 10 aromatic carbocycles. The number of imidazole rings is 1. The molecule has 0 aliphatic rings. The maximum Gasteiger partial charge on any atom is 3.00 e. The number of para-hydroxylation sites is 3. The van der Waals surface area contributed by atoms with E-state index in [1.165, 1.54) is 50.2 Å². The number of pyridine rings is 2.